The van der Waals surface area contributed by atoms with E-state index < -0.39 is 21.8 Å². The molecule has 4 N–H and O–H groups in total. The summed E-state index contributed by atoms with van der Waals surface area (Å²) >= 11 is 0. The number of primary amides is 1. The Bertz CT molecular complexity index is 613. The summed E-state index contributed by atoms with van der Waals surface area (Å²) in [5.74, 6) is -0.863. The number of amides is 1. The molecule has 0 aromatic heterocycles. The van der Waals surface area contributed by atoms with E-state index in [1.807, 2.05) is 0 Å². The van der Waals surface area contributed by atoms with Gasteiger partial charge in [0.05, 0.1) is 10.8 Å². The van der Waals surface area contributed by atoms with Gasteiger partial charge in [-0.2, -0.15) is 4.31 Å². The summed E-state index contributed by atoms with van der Waals surface area (Å²) in [6.07, 6.45) is 0.468. The van der Waals surface area contributed by atoms with Gasteiger partial charge in [-0.3, -0.25) is 4.79 Å². The van der Waals surface area contributed by atoms with Crippen molar-refractivity contribution in [1.82, 2.24) is 4.31 Å². The molecule has 1 aromatic rings. The van der Waals surface area contributed by atoms with Crippen molar-refractivity contribution in [2.45, 2.75) is 18.2 Å². The lowest BCUT2D eigenvalue weighted by Gasteiger charge is -2.18. The van der Waals surface area contributed by atoms with Gasteiger partial charge in [0, 0.05) is 18.8 Å². The lowest BCUT2D eigenvalue weighted by atomic mass is 10.1. The molecule has 1 unspecified atom stereocenters. The molecule has 7 heteroatoms. The standard InChI is InChI=1S/C12H17N3O3S/c1-8-2-3-10(13)6-11(8)19(17,18)15-5-4-9(7-15)12(14)16/h2-3,6,9H,4-5,7,13H2,1H3,(H2,14,16). The minimum atomic E-state index is -3.61. The summed E-state index contributed by atoms with van der Waals surface area (Å²) in [7, 11) is -3.61. The van der Waals surface area contributed by atoms with Crippen LogP contribution in [0, 0.1) is 12.8 Å². The molecule has 6 nitrogen and oxygen atoms in total. The molecule has 1 atom stereocenters. The van der Waals surface area contributed by atoms with Crippen molar-refractivity contribution in [1.29, 1.82) is 0 Å². The van der Waals surface area contributed by atoms with Crippen LogP contribution >= 0.6 is 0 Å². The maximum atomic E-state index is 12.5. The molecular weight excluding hydrogens is 266 g/mol. The van der Waals surface area contributed by atoms with E-state index in [9.17, 15) is 13.2 Å². The zero-order valence-corrected chi connectivity index (χ0v) is 11.5. The van der Waals surface area contributed by atoms with Gasteiger partial charge < -0.3 is 11.5 Å². The van der Waals surface area contributed by atoms with Crippen LogP contribution in [0.15, 0.2) is 23.1 Å². The van der Waals surface area contributed by atoms with Gasteiger partial charge in [0.1, 0.15) is 0 Å². The summed E-state index contributed by atoms with van der Waals surface area (Å²) in [6, 6.07) is 4.77. The fourth-order valence-corrected chi connectivity index (χ4v) is 3.97. The Labute approximate surface area is 112 Å². The predicted molar refractivity (Wildman–Crippen MR) is 71.7 cm³/mol. The number of aryl methyl sites for hydroxylation is 1. The molecule has 1 aliphatic rings. The number of anilines is 1. The zero-order valence-electron chi connectivity index (χ0n) is 10.7. The second-order valence-electron chi connectivity index (χ2n) is 4.78. The van der Waals surface area contributed by atoms with E-state index in [-0.39, 0.29) is 11.4 Å². The quantitative estimate of drug-likeness (QED) is 0.766. The second kappa shape index (κ2) is 4.82. The number of carbonyl (C=O) groups is 1. The Hall–Kier alpha value is -1.60. The van der Waals surface area contributed by atoms with Gasteiger partial charge in [-0.25, -0.2) is 8.42 Å². The fraction of sp³-hybridized carbons (Fsp3) is 0.417. The molecule has 0 spiro atoms. The SMILES string of the molecule is Cc1ccc(N)cc1S(=O)(=O)N1CCC(C(N)=O)C1. The van der Waals surface area contributed by atoms with Gasteiger partial charge in [0.25, 0.3) is 0 Å². The van der Waals surface area contributed by atoms with Crippen molar-refractivity contribution in [3.8, 4) is 0 Å². The number of carbonyl (C=O) groups excluding carboxylic acids is 1. The van der Waals surface area contributed by atoms with Gasteiger partial charge in [-0.15, -0.1) is 0 Å². The molecule has 1 saturated heterocycles. The van der Waals surface area contributed by atoms with Crippen LogP contribution in [0.3, 0.4) is 0 Å². The third kappa shape index (κ3) is 2.57. The summed E-state index contributed by atoms with van der Waals surface area (Å²) < 4.78 is 26.3. The molecule has 0 radical (unpaired) electrons. The minimum Gasteiger partial charge on any atom is -0.399 e. The molecule has 104 valence electrons. The van der Waals surface area contributed by atoms with Crippen molar-refractivity contribution >= 4 is 21.6 Å². The van der Waals surface area contributed by atoms with Gasteiger partial charge in [-0.05, 0) is 31.0 Å². The van der Waals surface area contributed by atoms with Crippen LogP contribution in [0.4, 0.5) is 5.69 Å². The highest BCUT2D eigenvalue weighted by molar-refractivity contribution is 7.89. The van der Waals surface area contributed by atoms with Crippen molar-refractivity contribution < 1.29 is 13.2 Å². The Balaban J connectivity index is 2.33. The number of benzene rings is 1. The van der Waals surface area contributed by atoms with E-state index in [1.54, 1.807) is 19.1 Å². The average molecular weight is 283 g/mol. The first-order chi connectivity index (χ1) is 8.82. The van der Waals surface area contributed by atoms with E-state index >= 15 is 0 Å². The summed E-state index contributed by atoms with van der Waals surface area (Å²) in [4.78, 5) is 11.3. The number of hydrogen-bond donors (Lipinski definition) is 2. The number of nitrogens with zero attached hydrogens (tertiary/aromatic N) is 1. The maximum absolute atomic E-state index is 12.5. The van der Waals surface area contributed by atoms with Gasteiger partial charge in [0.2, 0.25) is 15.9 Å². The highest BCUT2D eigenvalue weighted by Gasteiger charge is 2.35. The molecule has 1 aromatic carbocycles. The molecule has 1 fully saturated rings. The molecule has 19 heavy (non-hydrogen) atoms. The van der Waals surface area contributed by atoms with Crippen LogP contribution in [0.1, 0.15) is 12.0 Å². The minimum absolute atomic E-state index is 0.145. The number of nitrogen functional groups attached to an aromatic ring is 1. The summed E-state index contributed by atoms with van der Waals surface area (Å²) in [6.45, 7) is 2.17. The smallest absolute Gasteiger partial charge is 0.243 e. The molecule has 1 aliphatic heterocycles. The molecule has 0 bridgehead atoms. The van der Waals surface area contributed by atoms with Crippen molar-refractivity contribution in [2.24, 2.45) is 11.7 Å². The third-order valence-electron chi connectivity index (χ3n) is 3.38. The van der Waals surface area contributed by atoms with Crippen LogP contribution in [0.2, 0.25) is 0 Å². The van der Waals surface area contributed by atoms with Crippen LogP contribution in [-0.4, -0.2) is 31.7 Å². The lowest BCUT2D eigenvalue weighted by Crippen LogP contribution is -2.32. The zero-order chi connectivity index (χ0) is 14.2. The number of hydrogen-bond acceptors (Lipinski definition) is 4. The van der Waals surface area contributed by atoms with E-state index in [4.69, 9.17) is 11.5 Å². The molecule has 1 amide bonds. The Kier molecular flexibility index (Phi) is 3.51. The molecule has 2 rings (SSSR count). The maximum Gasteiger partial charge on any atom is 0.243 e. The number of sulfonamides is 1. The van der Waals surface area contributed by atoms with E-state index in [1.165, 1.54) is 10.4 Å². The normalized spacial score (nSPS) is 20.6. The van der Waals surface area contributed by atoms with Crippen molar-refractivity contribution in [3.63, 3.8) is 0 Å². The fourth-order valence-electron chi connectivity index (χ4n) is 2.21. The first kappa shape index (κ1) is 13.8. The highest BCUT2D eigenvalue weighted by atomic mass is 32.2. The Morgan fingerprint density at radius 1 is 1.42 bits per heavy atom. The first-order valence-corrected chi connectivity index (χ1v) is 7.42. The molecule has 0 saturated carbocycles. The molecule has 1 heterocycles. The summed E-state index contributed by atoms with van der Waals surface area (Å²) in [5, 5.41) is 0. The predicted octanol–water partition coefficient (Wildman–Crippen LogP) is 0.0731. The lowest BCUT2D eigenvalue weighted by molar-refractivity contribution is -0.121. The molecular formula is C12H17N3O3S. The average Bonchev–Trinajstić information content (AvgIpc) is 2.82. The first-order valence-electron chi connectivity index (χ1n) is 5.98. The third-order valence-corrected chi connectivity index (χ3v) is 5.39. The largest absolute Gasteiger partial charge is 0.399 e. The van der Waals surface area contributed by atoms with Crippen molar-refractivity contribution in [2.75, 3.05) is 18.8 Å². The molecule has 0 aliphatic carbocycles. The van der Waals surface area contributed by atoms with Crippen LogP contribution < -0.4 is 11.5 Å². The Morgan fingerprint density at radius 3 is 2.68 bits per heavy atom. The second-order valence-corrected chi connectivity index (χ2v) is 6.68. The summed E-state index contributed by atoms with van der Waals surface area (Å²) in [5.41, 5.74) is 11.9. The Morgan fingerprint density at radius 2 is 2.11 bits per heavy atom. The van der Waals surface area contributed by atoms with Crippen molar-refractivity contribution in [3.05, 3.63) is 23.8 Å². The van der Waals surface area contributed by atoms with Crippen LogP contribution in [0.25, 0.3) is 0 Å². The van der Waals surface area contributed by atoms with Gasteiger partial charge in [0.15, 0.2) is 0 Å². The number of nitrogens with two attached hydrogens (primary N) is 2. The van der Waals surface area contributed by atoms with Crippen LogP contribution in [0.5, 0.6) is 0 Å². The van der Waals surface area contributed by atoms with E-state index in [0.717, 1.165) is 0 Å². The highest BCUT2D eigenvalue weighted by Crippen LogP contribution is 2.27. The topological polar surface area (TPSA) is 106 Å². The van der Waals surface area contributed by atoms with Crippen LogP contribution in [-0.2, 0) is 14.8 Å². The van der Waals surface area contributed by atoms with E-state index in [0.29, 0.717) is 24.2 Å². The monoisotopic (exact) mass is 283 g/mol. The van der Waals surface area contributed by atoms with Gasteiger partial charge in [-0.1, -0.05) is 6.07 Å². The van der Waals surface area contributed by atoms with Gasteiger partial charge >= 0.3 is 0 Å². The van der Waals surface area contributed by atoms with E-state index in [2.05, 4.69) is 0 Å². The number of rotatable bonds is 3.